The topological polar surface area (TPSA) is 96.3 Å². The van der Waals surface area contributed by atoms with Gasteiger partial charge in [0.05, 0.1) is 23.4 Å². The van der Waals surface area contributed by atoms with E-state index in [1.54, 1.807) is 6.20 Å². The molecule has 0 unspecified atom stereocenters. The second-order valence-corrected chi connectivity index (χ2v) is 7.61. The van der Waals surface area contributed by atoms with Gasteiger partial charge in [-0.15, -0.1) is 0 Å². The third-order valence-electron chi connectivity index (χ3n) is 6.00. The van der Waals surface area contributed by atoms with Gasteiger partial charge in [0.1, 0.15) is 0 Å². The molecule has 28 heavy (non-hydrogen) atoms. The fourth-order valence-corrected chi connectivity index (χ4v) is 4.24. The van der Waals surface area contributed by atoms with Crippen molar-refractivity contribution in [3.63, 3.8) is 0 Å². The first-order valence-electron chi connectivity index (χ1n) is 9.90. The highest BCUT2D eigenvalue weighted by atomic mass is 16.3. The lowest BCUT2D eigenvalue weighted by molar-refractivity contribution is 0.112. The molecule has 0 bridgehead atoms. The number of rotatable bonds is 2. The molecule has 2 aliphatic rings. The number of amides is 2. The van der Waals surface area contributed by atoms with E-state index in [2.05, 4.69) is 16.3 Å². The van der Waals surface area contributed by atoms with E-state index in [0.29, 0.717) is 24.6 Å². The molecule has 2 amide bonds. The van der Waals surface area contributed by atoms with E-state index in [1.807, 2.05) is 28.0 Å². The normalized spacial score (nSPS) is 18.4. The number of benzene rings is 1. The summed E-state index contributed by atoms with van der Waals surface area (Å²) in [4.78, 5) is 16.6. The van der Waals surface area contributed by atoms with Crippen molar-refractivity contribution in [2.75, 3.05) is 32.8 Å². The summed E-state index contributed by atoms with van der Waals surface area (Å²) in [6, 6.07) is 8.33. The summed E-state index contributed by atoms with van der Waals surface area (Å²) >= 11 is 0. The molecule has 7 heteroatoms. The molecule has 7 nitrogen and oxygen atoms in total. The Hall–Kier alpha value is -2.85. The van der Waals surface area contributed by atoms with Crippen LogP contribution in [-0.2, 0) is 0 Å². The van der Waals surface area contributed by atoms with Gasteiger partial charge in [-0.05, 0) is 43.2 Å². The van der Waals surface area contributed by atoms with Crippen molar-refractivity contribution in [1.82, 2.24) is 20.0 Å². The monoisotopic (exact) mass is 379 g/mol. The molecule has 2 N–H and O–H groups in total. The highest BCUT2D eigenvalue weighted by Gasteiger charge is 2.28. The standard InChI is InChI=1S/C21H25N5O2/c22-12-18(17-2-1-3-20-19(17)13-23-24-20)16-6-10-26(11-7-16)21(28)25-8-4-15(14-27)5-9-25/h1-3,13,15,27H,4-11,14H2,(H,23,24). The number of piperidine rings is 2. The molecule has 3 heterocycles. The predicted octanol–water partition coefficient (Wildman–Crippen LogP) is 2.76. The molecule has 0 saturated carbocycles. The number of nitrogens with zero attached hydrogens (tertiary/aromatic N) is 4. The summed E-state index contributed by atoms with van der Waals surface area (Å²) in [6.45, 7) is 2.92. The third kappa shape index (κ3) is 3.48. The zero-order valence-electron chi connectivity index (χ0n) is 15.9. The number of allylic oxidation sites excluding steroid dienone is 1. The highest BCUT2D eigenvalue weighted by molar-refractivity contribution is 5.96. The molecule has 0 aliphatic carbocycles. The Morgan fingerprint density at radius 3 is 2.61 bits per heavy atom. The van der Waals surface area contributed by atoms with Gasteiger partial charge < -0.3 is 14.9 Å². The fourth-order valence-electron chi connectivity index (χ4n) is 4.24. The first-order chi connectivity index (χ1) is 13.7. The van der Waals surface area contributed by atoms with E-state index < -0.39 is 0 Å². The maximum Gasteiger partial charge on any atom is 0.320 e. The van der Waals surface area contributed by atoms with Gasteiger partial charge >= 0.3 is 6.03 Å². The van der Waals surface area contributed by atoms with Gasteiger partial charge in [0.25, 0.3) is 0 Å². The van der Waals surface area contributed by atoms with Crippen LogP contribution in [0.15, 0.2) is 30.0 Å². The quantitative estimate of drug-likeness (QED) is 0.784. The first kappa shape index (κ1) is 18.5. The Morgan fingerprint density at radius 2 is 1.93 bits per heavy atom. The number of aromatic nitrogens is 2. The van der Waals surface area contributed by atoms with Crippen LogP contribution < -0.4 is 0 Å². The van der Waals surface area contributed by atoms with E-state index in [4.69, 9.17) is 0 Å². The van der Waals surface area contributed by atoms with Gasteiger partial charge in [-0.25, -0.2) is 4.79 Å². The second-order valence-electron chi connectivity index (χ2n) is 7.61. The van der Waals surface area contributed by atoms with Crippen LogP contribution >= 0.6 is 0 Å². The van der Waals surface area contributed by atoms with Crippen LogP contribution in [0.1, 0.15) is 31.2 Å². The molecule has 0 radical (unpaired) electrons. The number of carbonyl (C=O) groups is 1. The van der Waals surface area contributed by atoms with Crippen molar-refractivity contribution >= 4 is 22.5 Å². The molecule has 2 saturated heterocycles. The maximum absolute atomic E-state index is 12.8. The Labute approximate surface area is 164 Å². The summed E-state index contributed by atoms with van der Waals surface area (Å²) in [5.74, 6) is 0.323. The van der Waals surface area contributed by atoms with Gasteiger partial charge in [-0.1, -0.05) is 12.1 Å². The molecule has 0 atom stereocenters. The van der Waals surface area contributed by atoms with Gasteiger partial charge in [0.2, 0.25) is 0 Å². The SMILES string of the molecule is N#CC(=C1CCN(C(=O)N2CCC(CO)CC2)CC1)c1cccc2[nH]ncc12. The summed E-state index contributed by atoms with van der Waals surface area (Å²) in [5.41, 5.74) is 3.65. The largest absolute Gasteiger partial charge is 0.396 e. The minimum absolute atomic E-state index is 0.0888. The van der Waals surface area contributed by atoms with Crippen molar-refractivity contribution in [3.05, 3.63) is 35.5 Å². The van der Waals surface area contributed by atoms with Crippen LogP contribution in [0.25, 0.3) is 16.5 Å². The van der Waals surface area contributed by atoms with Crippen LogP contribution in [0.2, 0.25) is 0 Å². The molecule has 1 aromatic carbocycles. The van der Waals surface area contributed by atoms with Crippen LogP contribution in [-0.4, -0.2) is 63.9 Å². The number of hydrogen-bond donors (Lipinski definition) is 2. The van der Waals surface area contributed by atoms with Crippen molar-refractivity contribution in [1.29, 1.82) is 5.26 Å². The zero-order valence-corrected chi connectivity index (χ0v) is 15.9. The van der Waals surface area contributed by atoms with Crippen LogP contribution in [0, 0.1) is 17.2 Å². The number of urea groups is 1. The Bertz CT molecular complexity index is 924. The molecular formula is C21H25N5O2. The summed E-state index contributed by atoms with van der Waals surface area (Å²) in [6.07, 6.45) is 4.94. The van der Waals surface area contributed by atoms with Gasteiger partial charge in [-0.2, -0.15) is 10.4 Å². The van der Waals surface area contributed by atoms with Gasteiger partial charge in [0, 0.05) is 43.7 Å². The van der Waals surface area contributed by atoms with E-state index in [9.17, 15) is 15.2 Å². The number of aliphatic hydroxyl groups is 1. The Morgan fingerprint density at radius 1 is 1.21 bits per heavy atom. The van der Waals surface area contributed by atoms with E-state index in [0.717, 1.165) is 60.8 Å². The first-order valence-corrected chi connectivity index (χ1v) is 9.90. The average Bonchev–Trinajstić information content (AvgIpc) is 3.24. The van der Waals surface area contributed by atoms with Crippen molar-refractivity contribution < 1.29 is 9.90 Å². The molecular weight excluding hydrogens is 354 g/mol. The smallest absolute Gasteiger partial charge is 0.320 e. The second kappa shape index (κ2) is 8.03. The number of hydrogen-bond acceptors (Lipinski definition) is 4. The highest BCUT2D eigenvalue weighted by Crippen LogP contribution is 2.31. The van der Waals surface area contributed by atoms with E-state index in [1.165, 1.54) is 0 Å². The van der Waals surface area contributed by atoms with Gasteiger partial charge in [0.15, 0.2) is 0 Å². The number of aromatic amines is 1. The lowest BCUT2D eigenvalue weighted by atomic mass is 9.92. The number of H-pyrrole nitrogens is 1. The Kier molecular flexibility index (Phi) is 5.31. The Balaban J connectivity index is 1.46. The number of nitrogens with one attached hydrogen (secondary N) is 1. The van der Waals surface area contributed by atoms with Crippen LogP contribution in [0.5, 0.6) is 0 Å². The van der Waals surface area contributed by atoms with Crippen molar-refractivity contribution in [3.8, 4) is 6.07 Å². The lowest BCUT2D eigenvalue weighted by Gasteiger charge is -2.37. The number of aliphatic hydroxyl groups excluding tert-OH is 1. The number of fused-ring (bicyclic) bond motifs is 1. The van der Waals surface area contributed by atoms with Gasteiger partial charge in [-0.3, -0.25) is 5.10 Å². The summed E-state index contributed by atoms with van der Waals surface area (Å²) in [7, 11) is 0. The summed E-state index contributed by atoms with van der Waals surface area (Å²) < 4.78 is 0. The molecule has 4 rings (SSSR count). The minimum atomic E-state index is 0.0888. The lowest BCUT2D eigenvalue weighted by Crippen LogP contribution is -2.48. The number of likely N-dealkylation sites (tertiary alicyclic amines) is 2. The number of nitriles is 1. The van der Waals surface area contributed by atoms with E-state index in [-0.39, 0.29) is 12.6 Å². The zero-order chi connectivity index (χ0) is 19.5. The maximum atomic E-state index is 12.8. The third-order valence-corrected chi connectivity index (χ3v) is 6.00. The fraction of sp³-hybridized carbons (Fsp3) is 0.476. The minimum Gasteiger partial charge on any atom is -0.396 e. The molecule has 2 fully saturated rings. The van der Waals surface area contributed by atoms with E-state index >= 15 is 0 Å². The van der Waals surface area contributed by atoms with Crippen LogP contribution in [0.4, 0.5) is 4.79 Å². The molecule has 1 aromatic heterocycles. The molecule has 2 aromatic rings. The van der Waals surface area contributed by atoms with Crippen LogP contribution in [0.3, 0.4) is 0 Å². The predicted molar refractivity (Wildman–Crippen MR) is 106 cm³/mol. The molecule has 146 valence electrons. The molecule has 2 aliphatic heterocycles. The number of carbonyl (C=O) groups excluding carboxylic acids is 1. The van der Waals surface area contributed by atoms with Crippen molar-refractivity contribution in [2.45, 2.75) is 25.7 Å². The summed E-state index contributed by atoms with van der Waals surface area (Å²) in [5, 5.41) is 27.1. The van der Waals surface area contributed by atoms with Crippen molar-refractivity contribution in [2.24, 2.45) is 5.92 Å². The molecule has 0 spiro atoms. The average molecular weight is 379 g/mol.